The average molecular weight is 348 g/mol. The third-order valence-electron chi connectivity index (χ3n) is 4.35. The van der Waals surface area contributed by atoms with Gasteiger partial charge in [0, 0.05) is 25.4 Å². The Balaban J connectivity index is 1.62. The first-order valence-corrected chi connectivity index (χ1v) is 9.84. The van der Waals surface area contributed by atoms with Crippen LogP contribution in [-0.4, -0.2) is 44.0 Å². The van der Waals surface area contributed by atoms with Crippen LogP contribution in [0.2, 0.25) is 0 Å². The van der Waals surface area contributed by atoms with Crippen LogP contribution >= 0.6 is 7.60 Å². The summed E-state index contributed by atoms with van der Waals surface area (Å²) in [7, 11) is -3.89. The fourth-order valence-corrected chi connectivity index (χ4v) is 3.68. The highest BCUT2D eigenvalue weighted by Crippen LogP contribution is 2.38. The normalized spacial score (nSPS) is 16.3. The molecular formula is C16H21N4O3P. The number of hydrogen-bond donors (Lipinski definition) is 2. The minimum Gasteiger partial charge on any atom is -0.356 e. The van der Waals surface area contributed by atoms with Gasteiger partial charge in [0.25, 0.3) is 0 Å². The fraction of sp³-hybridized carbons (Fsp3) is 0.438. The number of rotatable bonds is 5. The van der Waals surface area contributed by atoms with Gasteiger partial charge in [-0.1, -0.05) is 6.07 Å². The van der Waals surface area contributed by atoms with E-state index in [2.05, 4.69) is 19.9 Å². The zero-order valence-corrected chi connectivity index (χ0v) is 14.2. The molecule has 3 heterocycles. The molecule has 0 bridgehead atoms. The molecule has 2 aromatic rings. The molecule has 1 aliphatic rings. The zero-order chi connectivity index (χ0) is 17.0. The summed E-state index contributed by atoms with van der Waals surface area (Å²) in [5.74, 6) is 1.24. The third kappa shape index (κ3) is 4.60. The van der Waals surface area contributed by atoms with Crippen molar-refractivity contribution < 1.29 is 14.4 Å². The Morgan fingerprint density at radius 2 is 1.92 bits per heavy atom. The number of aromatic nitrogens is 3. The second-order valence-electron chi connectivity index (χ2n) is 6.08. The van der Waals surface area contributed by atoms with Crippen LogP contribution in [0.15, 0.2) is 36.8 Å². The van der Waals surface area contributed by atoms with Crippen LogP contribution < -0.4 is 4.90 Å². The van der Waals surface area contributed by atoms with Gasteiger partial charge in [0.15, 0.2) is 0 Å². The molecule has 0 unspecified atom stereocenters. The molecule has 2 N–H and O–H groups in total. The zero-order valence-electron chi connectivity index (χ0n) is 13.3. The molecule has 0 spiro atoms. The summed E-state index contributed by atoms with van der Waals surface area (Å²) in [6.45, 7) is 1.68. The number of hydrogen-bond acceptors (Lipinski definition) is 5. The van der Waals surface area contributed by atoms with Gasteiger partial charge < -0.3 is 14.7 Å². The van der Waals surface area contributed by atoms with Crippen LogP contribution in [-0.2, 0) is 4.57 Å². The minimum atomic E-state index is -3.89. The summed E-state index contributed by atoms with van der Waals surface area (Å²) < 4.78 is 11.0. The Bertz CT molecular complexity index is 714. The summed E-state index contributed by atoms with van der Waals surface area (Å²) in [6, 6.07) is 7.66. The average Bonchev–Trinajstić information content (AvgIpc) is 2.61. The van der Waals surface area contributed by atoms with Crippen molar-refractivity contribution in [2.45, 2.75) is 19.3 Å². The molecule has 2 aromatic heterocycles. The van der Waals surface area contributed by atoms with Gasteiger partial charge in [-0.3, -0.25) is 9.55 Å². The molecule has 24 heavy (non-hydrogen) atoms. The lowest BCUT2D eigenvalue weighted by molar-refractivity contribution is 0.350. The van der Waals surface area contributed by atoms with Crippen molar-refractivity contribution in [3.63, 3.8) is 0 Å². The Morgan fingerprint density at radius 1 is 1.12 bits per heavy atom. The maximum absolute atomic E-state index is 11.0. The second-order valence-corrected chi connectivity index (χ2v) is 7.86. The first-order valence-electron chi connectivity index (χ1n) is 8.04. The first kappa shape index (κ1) is 17.0. The molecule has 0 aliphatic carbocycles. The van der Waals surface area contributed by atoms with Crippen molar-refractivity contribution in [2.75, 3.05) is 24.2 Å². The van der Waals surface area contributed by atoms with E-state index in [4.69, 9.17) is 9.79 Å². The Kier molecular flexibility index (Phi) is 5.23. The highest BCUT2D eigenvalue weighted by molar-refractivity contribution is 7.51. The van der Waals surface area contributed by atoms with Crippen LogP contribution in [0.3, 0.4) is 0 Å². The molecule has 0 amide bonds. The lowest BCUT2D eigenvalue weighted by Crippen LogP contribution is -2.34. The Hall–Kier alpha value is -1.82. The van der Waals surface area contributed by atoms with Crippen LogP contribution in [0.5, 0.6) is 0 Å². The predicted molar refractivity (Wildman–Crippen MR) is 91.7 cm³/mol. The van der Waals surface area contributed by atoms with E-state index in [0.717, 1.165) is 43.1 Å². The lowest BCUT2D eigenvalue weighted by atomic mass is 9.94. The van der Waals surface area contributed by atoms with Gasteiger partial charge in [-0.15, -0.1) is 0 Å². The van der Waals surface area contributed by atoms with Crippen molar-refractivity contribution in [2.24, 2.45) is 5.92 Å². The largest absolute Gasteiger partial charge is 0.356 e. The monoisotopic (exact) mass is 348 g/mol. The number of pyridine rings is 1. The highest BCUT2D eigenvalue weighted by Gasteiger charge is 2.23. The van der Waals surface area contributed by atoms with E-state index in [1.807, 2.05) is 24.3 Å². The molecule has 0 atom stereocenters. The minimum absolute atomic E-state index is 0.0189. The topological polar surface area (TPSA) is 99.4 Å². The van der Waals surface area contributed by atoms with Gasteiger partial charge >= 0.3 is 7.60 Å². The maximum atomic E-state index is 11.0. The highest BCUT2D eigenvalue weighted by atomic mass is 31.2. The van der Waals surface area contributed by atoms with Gasteiger partial charge in [0.2, 0.25) is 0 Å². The second kappa shape index (κ2) is 7.38. The van der Waals surface area contributed by atoms with Gasteiger partial charge in [0.1, 0.15) is 12.1 Å². The number of piperidine rings is 1. The molecule has 7 nitrogen and oxygen atoms in total. The van der Waals surface area contributed by atoms with Crippen LogP contribution in [0.25, 0.3) is 11.4 Å². The maximum Gasteiger partial charge on any atom is 0.325 e. The van der Waals surface area contributed by atoms with Crippen molar-refractivity contribution in [3.8, 4) is 11.4 Å². The molecule has 3 rings (SSSR count). The summed E-state index contributed by atoms with van der Waals surface area (Å²) in [5, 5.41) is 0. The SMILES string of the molecule is O=P(O)(O)CCC1CCN(c2cc(-c3ccccn3)ncn2)CC1. The van der Waals surface area contributed by atoms with Crippen molar-refractivity contribution in [1.82, 2.24) is 15.0 Å². The van der Waals surface area contributed by atoms with Crippen molar-refractivity contribution >= 4 is 13.4 Å². The summed E-state index contributed by atoms with van der Waals surface area (Å²) >= 11 is 0. The fourth-order valence-electron chi connectivity index (χ4n) is 2.98. The summed E-state index contributed by atoms with van der Waals surface area (Å²) in [4.78, 5) is 33.1. The molecule has 1 fully saturated rings. The Labute approximate surface area is 141 Å². The molecule has 1 aliphatic heterocycles. The van der Waals surface area contributed by atoms with Gasteiger partial charge in [-0.05, 0) is 37.3 Å². The summed E-state index contributed by atoms with van der Waals surface area (Å²) in [5.41, 5.74) is 1.61. The molecule has 0 radical (unpaired) electrons. The van der Waals surface area contributed by atoms with E-state index in [1.54, 1.807) is 12.5 Å². The molecule has 0 saturated carbocycles. The van der Waals surface area contributed by atoms with Gasteiger partial charge in [0.05, 0.1) is 17.5 Å². The van der Waals surface area contributed by atoms with E-state index in [9.17, 15) is 4.57 Å². The van der Waals surface area contributed by atoms with Gasteiger partial charge in [-0.2, -0.15) is 0 Å². The van der Waals surface area contributed by atoms with E-state index >= 15 is 0 Å². The third-order valence-corrected chi connectivity index (χ3v) is 5.19. The van der Waals surface area contributed by atoms with Crippen LogP contribution in [0.1, 0.15) is 19.3 Å². The molecule has 128 valence electrons. The lowest BCUT2D eigenvalue weighted by Gasteiger charge is -2.32. The van der Waals surface area contributed by atoms with Crippen molar-refractivity contribution in [1.29, 1.82) is 0 Å². The standard InChI is InChI=1S/C16H21N4O3P/c21-24(22,23)10-6-13-4-8-20(9-5-13)16-11-15(18-12-19-16)14-3-1-2-7-17-14/h1-3,7,11-13H,4-6,8-10H2,(H2,21,22,23). The predicted octanol–water partition coefficient (Wildman–Crippen LogP) is 2.32. The molecule has 8 heteroatoms. The molecule has 1 saturated heterocycles. The summed E-state index contributed by atoms with van der Waals surface area (Å²) in [6.07, 6.45) is 5.70. The quantitative estimate of drug-likeness (QED) is 0.800. The van der Waals surface area contributed by atoms with Crippen molar-refractivity contribution in [3.05, 3.63) is 36.8 Å². The number of nitrogens with zero attached hydrogens (tertiary/aromatic N) is 4. The van der Waals surface area contributed by atoms with E-state index in [1.165, 1.54) is 0 Å². The van der Waals surface area contributed by atoms with Crippen LogP contribution in [0.4, 0.5) is 5.82 Å². The smallest absolute Gasteiger partial charge is 0.325 e. The Morgan fingerprint density at radius 3 is 2.58 bits per heavy atom. The van der Waals surface area contributed by atoms with E-state index in [-0.39, 0.29) is 6.16 Å². The number of anilines is 1. The van der Waals surface area contributed by atoms with Crippen LogP contribution in [0, 0.1) is 5.92 Å². The van der Waals surface area contributed by atoms with E-state index in [0.29, 0.717) is 12.3 Å². The molecular weight excluding hydrogens is 327 g/mol. The van der Waals surface area contributed by atoms with E-state index < -0.39 is 7.60 Å². The first-order chi connectivity index (χ1) is 11.5. The molecule has 0 aromatic carbocycles. The van der Waals surface area contributed by atoms with Gasteiger partial charge in [-0.25, -0.2) is 9.97 Å².